The van der Waals surface area contributed by atoms with Gasteiger partial charge in [-0.15, -0.1) is 6.42 Å². The molecule has 0 unspecified atom stereocenters. The van der Waals surface area contributed by atoms with Crippen molar-refractivity contribution < 1.29 is 28.2 Å². The Hall–Kier alpha value is -1.96. The number of carbonyl (C=O) groups excluding carboxylic acids is 1. The number of terminal acetylenes is 1. The van der Waals surface area contributed by atoms with E-state index in [-0.39, 0.29) is 24.4 Å². The number of rotatable bonds is 7. The van der Waals surface area contributed by atoms with Gasteiger partial charge in [0.05, 0.1) is 24.0 Å². The summed E-state index contributed by atoms with van der Waals surface area (Å²) in [6.45, 7) is -0.192. The van der Waals surface area contributed by atoms with Crippen LogP contribution in [0.3, 0.4) is 0 Å². The van der Waals surface area contributed by atoms with E-state index < -0.39 is 40.3 Å². The van der Waals surface area contributed by atoms with Crippen molar-refractivity contribution in [3.05, 3.63) is 30.3 Å². The van der Waals surface area contributed by atoms with E-state index in [9.17, 15) is 23.4 Å². The van der Waals surface area contributed by atoms with Crippen LogP contribution in [-0.2, 0) is 19.6 Å². The molecule has 0 spiro atoms. The SMILES string of the molecule is C#CCNC(=O)C[C@@H]1O[C@H](CNS(=O)(=O)c2ccccc2)[C@@H](O)[C@H]1O. The summed E-state index contributed by atoms with van der Waals surface area (Å²) in [5.41, 5.74) is 0. The van der Waals surface area contributed by atoms with Gasteiger partial charge in [-0.3, -0.25) is 4.79 Å². The summed E-state index contributed by atoms with van der Waals surface area (Å²) in [7, 11) is -3.77. The summed E-state index contributed by atoms with van der Waals surface area (Å²) in [6.07, 6.45) is 0.304. The minimum absolute atomic E-state index is 0.0461. The van der Waals surface area contributed by atoms with Crippen molar-refractivity contribution in [2.45, 2.75) is 35.7 Å². The van der Waals surface area contributed by atoms with Gasteiger partial charge in [0.15, 0.2) is 0 Å². The topological polar surface area (TPSA) is 125 Å². The number of aliphatic hydroxyl groups is 2. The minimum atomic E-state index is -3.77. The minimum Gasteiger partial charge on any atom is -0.388 e. The van der Waals surface area contributed by atoms with Gasteiger partial charge >= 0.3 is 0 Å². The van der Waals surface area contributed by atoms with Gasteiger partial charge in [-0.1, -0.05) is 24.1 Å². The Kier molecular flexibility index (Phi) is 6.52. The van der Waals surface area contributed by atoms with Crippen molar-refractivity contribution in [3.63, 3.8) is 0 Å². The van der Waals surface area contributed by atoms with E-state index in [1.165, 1.54) is 12.1 Å². The second-order valence-electron chi connectivity index (χ2n) is 5.54. The molecule has 1 saturated heterocycles. The van der Waals surface area contributed by atoms with Gasteiger partial charge in [0, 0.05) is 6.54 Å². The van der Waals surface area contributed by atoms with Gasteiger partial charge in [-0.05, 0) is 12.1 Å². The van der Waals surface area contributed by atoms with Gasteiger partial charge < -0.3 is 20.3 Å². The molecule has 1 heterocycles. The molecule has 1 amide bonds. The molecule has 9 heteroatoms. The van der Waals surface area contributed by atoms with E-state index in [1.54, 1.807) is 18.2 Å². The van der Waals surface area contributed by atoms with Crippen LogP contribution in [0.2, 0.25) is 0 Å². The number of nitrogens with one attached hydrogen (secondary N) is 2. The molecule has 4 N–H and O–H groups in total. The van der Waals surface area contributed by atoms with Crippen LogP contribution in [-0.4, -0.2) is 62.0 Å². The van der Waals surface area contributed by atoms with Gasteiger partial charge in [-0.2, -0.15) is 0 Å². The zero-order chi connectivity index (χ0) is 18.4. The zero-order valence-corrected chi connectivity index (χ0v) is 14.1. The monoisotopic (exact) mass is 368 g/mol. The molecule has 1 aromatic carbocycles. The Morgan fingerprint density at radius 3 is 2.48 bits per heavy atom. The lowest BCUT2D eigenvalue weighted by atomic mass is 10.1. The van der Waals surface area contributed by atoms with Crippen molar-refractivity contribution in [2.24, 2.45) is 0 Å². The fourth-order valence-corrected chi connectivity index (χ4v) is 3.51. The summed E-state index contributed by atoms with van der Waals surface area (Å²) in [5.74, 6) is 1.81. The Balaban J connectivity index is 1.93. The highest BCUT2D eigenvalue weighted by molar-refractivity contribution is 7.89. The molecule has 0 saturated carbocycles. The van der Waals surface area contributed by atoms with Crippen LogP contribution >= 0.6 is 0 Å². The fraction of sp³-hybridized carbons (Fsp3) is 0.438. The second-order valence-corrected chi connectivity index (χ2v) is 7.31. The van der Waals surface area contributed by atoms with E-state index in [4.69, 9.17) is 11.2 Å². The number of ether oxygens (including phenoxy) is 1. The third-order valence-corrected chi connectivity index (χ3v) is 5.20. The largest absolute Gasteiger partial charge is 0.388 e. The Labute approximate surface area is 146 Å². The van der Waals surface area contributed by atoms with Crippen molar-refractivity contribution in [3.8, 4) is 12.3 Å². The molecule has 2 rings (SSSR count). The highest BCUT2D eigenvalue weighted by atomic mass is 32.2. The summed E-state index contributed by atoms with van der Waals surface area (Å²) in [5, 5.41) is 22.4. The maximum atomic E-state index is 12.2. The predicted molar refractivity (Wildman–Crippen MR) is 88.8 cm³/mol. The maximum absolute atomic E-state index is 12.2. The van der Waals surface area contributed by atoms with Gasteiger partial charge in [-0.25, -0.2) is 13.1 Å². The van der Waals surface area contributed by atoms with Crippen molar-refractivity contribution in [1.82, 2.24) is 10.0 Å². The molecule has 136 valence electrons. The first-order chi connectivity index (χ1) is 11.8. The van der Waals surface area contributed by atoms with Crippen LogP contribution in [0.1, 0.15) is 6.42 Å². The molecule has 25 heavy (non-hydrogen) atoms. The van der Waals surface area contributed by atoms with Crippen LogP contribution < -0.4 is 10.0 Å². The maximum Gasteiger partial charge on any atom is 0.240 e. The number of sulfonamides is 1. The van der Waals surface area contributed by atoms with Crippen LogP contribution in [0.5, 0.6) is 0 Å². The summed E-state index contributed by atoms with van der Waals surface area (Å²) < 4.78 is 32.1. The lowest BCUT2D eigenvalue weighted by molar-refractivity contribution is -0.124. The first kappa shape index (κ1) is 19.4. The second kappa shape index (κ2) is 8.42. The number of carbonyl (C=O) groups is 1. The van der Waals surface area contributed by atoms with Crippen LogP contribution in [0, 0.1) is 12.3 Å². The van der Waals surface area contributed by atoms with Gasteiger partial charge in [0.2, 0.25) is 15.9 Å². The molecule has 1 aromatic rings. The van der Waals surface area contributed by atoms with Gasteiger partial charge in [0.25, 0.3) is 0 Å². The van der Waals surface area contributed by atoms with E-state index in [0.29, 0.717) is 0 Å². The number of hydrogen-bond donors (Lipinski definition) is 4. The van der Waals surface area contributed by atoms with Crippen molar-refractivity contribution in [1.29, 1.82) is 0 Å². The first-order valence-corrected chi connectivity index (χ1v) is 9.10. The number of benzene rings is 1. The lowest BCUT2D eigenvalue weighted by Gasteiger charge is -2.15. The summed E-state index contributed by atoms with van der Waals surface area (Å²) in [4.78, 5) is 11.7. The van der Waals surface area contributed by atoms with Crippen LogP contribution in [0.15, 0.2) is 35.2 Å². The number of hydrogen-bond acceptors (Lipinski definition) is 6. The molecule has 8 nitrogen and oxygen atoms in total. The highest BCUT2D eigenvalue weighted by Gasteiger charge is 2.43. The summed E-state index contributed by atoms with van der Waals surface area (Å²) >= 11 is 0. The normalized spacial score (nSPS) is 26.1. The lowest BCUT2D eigenvalue weighted by Crippen LogP contribution is -2.40. The molecule has 0 aromatic heterocycles. The van der Waals surface area contributed by atoms with E-state index in [0.717, 1.165) is 0 Å². The smallest absolute Gasteiger partial charge is 0.240 e. The molecular weight excluding hydrogens is 348 g/mol. The van der Waals surface area contributed by atoms with Crippen molar-refractivity contribution >= 4 is 15.9 Å². The molecule has 1 aliphatic rings. The standard InChI is InChI=1S/C16H20N2O6S/c1-2-8-17-14(19)9-12-15(20)16(21)13(24-12)10-18-25(22,23)11-6-4-3-5-7-11/h1,3-7,12-13,15-16,18,20-21H,8-10H2,(H,17,19)/t12-,13+,15-,16+/m0/s1. The molecule has 4 atom stereocenters. The number of amides is 1. The van der Waals surface area contributed by atoms with Crippen molar-refractivity contribution in [2.75, 3.05) is 13.1 Å². The molecule has 1 fully saturated rings. The van der Waals surface area contributed by atoms with Crippen LogP contribution in [0.4, 0.5) is 0 Å². The third-order valence-electron chi connectivity index (χ3n) is 3.76. The van der Waals surface area contributed by atoms with E-state index in [2.05, 4.69) is 16.0 Å². The molecule has 0 radical (unpaired) electrons. The average molecular weight is 368 g/mol. The van der Waals surface area contributed by atoms with Crippen LogP contribution in [0.25, 0.3) is 0 Å². The fourth-order valence-electron chi connectivity index (χ4n) is 2.44. The predicted octanol–water partition coefficient (Wildman–Crippen LogP) is -1.41. The Bertz CT molecular complexity index is 731. The van der Waals surface area contributed by atoms with E-state index in [1.807, 2.05) is 0 Å². The number of aliphatic hydroxyl groups excluding tert-OH is 2. The quantitative estimate of drug-likeness (QED) is 0.439. The van der Waals surface area contributed by atoms with Gasteiger partial charge in [0.1, 0.15) is 18.3 Å². The molecule has 0 aliphatic carbocycles. The Morgan fingerprint density at radius 2 is 1.84 bits per heavy atom. The Morgan fingerprint density at radius 1 is 1.20 bits per heavy atom. The molecular formula is C16H20N2O6S. The zero-order valence-electron chi connectivity index (χ0n) is 13.3. The van der Waals surface area contributed by atoms with E-state index >= 15 is 0 Å². The first-order valence-electron chi connectivity index (χ1n) is 7.61. The average Bonchev–Trinajstić information content (AvgIpc) is 2.87. The third kappa shape index (κ3) is 5.01. The highest BCUT2D eigenvalue weighted by Crippen LogP contribution is 2.23. The molecule has 0 bridgehead atoms. The molecule has 1 aliphatic heterocycles. The summed E-state index contributed by atoms with van der Waals surface area (Å²) in [6, 6.07) is 7.73.